The molecule has 0 saturated heterocycles. The van der Waals surface area contributed by atoms with Crippen molar-refractivity contribution in [3.8, 4) is 0 Å². The van der Waals surface area contributed by atoms with Crippen LogP contribution in [0.5, 0.6) is 0 Å². The van der Waals surface area contributed by atoms with Gasteiger partial charge in [-0.25, -0.2) is 9.78 Å². The lowest BCUT2D eigenvalue weighted by Crippen LogP contribution is -2.20. The van der Waals surface area contributed by atoms with Gasteiger partial charge in [0.05, 0.1) is 10.7 Å². The first-order valence-corrected chi connectivity index (χ1v) is 6.74. The summed E-state index contributed by atoms with van der Waals surface area (Å²) < 4.78 is 0.818. The highest BCUT2D eigenvalue weighted by Gasteiger charge is 2.07. The number of amides is 2. The Balaban J connectivity index is 2.07. The van der Waals surface area contributed by atoms with Crippen LogP contribution in [0, 0.1) is 0 Å². The van der Waals surface area contributed by atoms with Crippen LogP contribution in [0.3, 0.4) is 0 Å². The number of nitrogens with one attached hydrogen (secondary N) is 2. The van der Waals surface area contributed by atoms with Gasteiger partial charge >= 0.3 is 6.03 Å². The van der Waals surface area contributed by atoms with Crippen LogP contribution in [0.25, 0.3) is 0 Å². The molecule has 2 amide bonds. The molecule has 0 atom stereocenters. The first-order chi connectivity index (χ1) is 9.04. The molecule has 98 valence electrons. The maximum Gasteiger partial charge on any atom is 0.324 e. The Kier molecular flexibility index (Phi) is 4.63. The Bertz CT molecular complexity index is 622. The summed E-state index contributed by atoms with van der Waals surface area (Å²) in [4.78, 5) is 15.8. The number of carbonyl (C=O) groups excluding carboxylic acids is 1. The molecule has 0 fully saturated rings. The van der Waals surface area contributed by atoms with Crippen molar-refractivity contribution in [1.82, 2.24) is 4.98 Å². The van der Waals surface area contributed by atoms with Gasteiger partial charge < -0.3 is 5.32 Å². The summed E-state index contributed by atoms with van der Waals surface area (Å²) in [5.41, 5.74) is 0.432. The maximum atomic E-state index is 11.8. The number of hydrogen-bond acceptors (Lipinski definition) is 2. The van der Waals surface area contributed by atoms with E-state index < -0.39 is 6.03 Å². The molecule has 1 aromatic heterocycles. The van der Waals surface area contributed by atoms with Crippen LogP contribution in [-0.4, -0.2) is 11.0 Å². The second-order valence-electron chi connectivity index (χ2n) is 3.56. The number of anilines is 2. The molecule has 2 aromatic rings. The van der Waals surface area contributed by atoms with E-state index in [4.69, 9.17) is 23.2 Å². The molecule has 0 aliphatic rings. The predicted molar refractivity (Wildman–Crippen MR) is 81.0 cm³/mol. The van der Waals surface area contributed by atoms with Crippen LogP contribution < -0.4 is 10.6 Å². The quantitative estimate of drug-likeness (QED) is 0.808. The molecule has 0 unspecified atom stereocenters. The van der Waals surface area contributed by atoms with Crippen LogP contribution in [-0.2, 0) is 0 Å². The normalized spacial score (nSPS) is 10.1. The van der Waals surface area contributed by atoms with Crippen LogP contribution in [0.15, 0.2) is 41.0 Å². The molecule has 0 radical (unpaired) electrons. The monoisotopic (exact) mass is 359 g/mol. The van der Waals surface area contributed by atoms with E-state index in [0.29, 0.717) is 21.6 Å². The summed E-state index contributed by atoms with van der Waals surface area (Å²) in [6, 6.07) is 7.81. The first-order valence-electron chi connectivity index (χ1n) is 5.19. The molecule has 0 aliphatic heterocycles. The molecule has 19 heavy (non-hydrogen) atoms. The van der Waals surface area contributed by atoms with Crippen molar-refractivity contribution in [3.63, 3.8) is 0 Å². The second-order valence-corrected chi connectivity index (χ2v) is 5.32. The molecule has 7 heteroatoms. The Morgan fingerprint density at radius 1 is 1.16 bits per heavy atom. The van der Waals surface area contributed by atoms with Crippen LogP contribution in [0.1, 0.15) is 0 Å². The summed E-state index contributed by atoms with van der Waals surface area (Å²) >= 11 is 15.1. The highest BCUT2D eigenvalue weighted by atomic mass is 79.9. The molecule has 0 aliphatic carbocycles. The summed E-state index contributed by atoms with van der Waals surface area (Å²) in [5, 5.41) is 6.07. The molecular formula is C12H8BrCl2N3O. The SMILES string of the molecule is O=C(Nc1cc(Br)ccn1)Nc1cc(Cl)ccc1Cl. The number of carbonyl (C=O) groups is 1. The zero-order valence-corrected chi connectivity index (χ0v) is 12.6. The van der Waals surface area contributed by atoms with E-state index in [1.165, 1.54) is 0 Å². The summed E-state index contributed by atoms with van der Waals surface area (Å²) in [6.45, 7) is 0. The van der Waals surface area contributed by atoms with E-state index in [0.717, 1.165) is 4.47 Å². The lowest BCUT2D eigenvalue weighted by Gasteiger charge is -2.09. The average molecular weight is 361 g/mol. The fourth-order valence-electron chi connectivity index (χ4n) is 1.34. The standard InChI is InChI=1S/C12H8BrCl2N3O/c13-7-3-4-16-11(5-7)18-12(19)17-10-6-8(14)1-2-9(10)15/h1-6H,(H2,16,17,18,19). The van der Waals surface area contributed by atoms with Crippen molar-refractivity contribution in [2.75, 3.05) is 10.6 Å². The Hall–Kier alpha value is -1.30. The van der Waals surface area contributed by atoms with Crippen molar-refractivity contribution in [2.45, 2.75) is 0 Å². The number of aromatic nitrogens is 1. The van der Waals surface area contributed by atoms with Crippen molar-refractivity contribution in [1.29, 1.82) is 0 Å². The van der Waals surface area contributed by atoms with Crippen molar-refractivity contribution < 1.29 is 4.79 Å². The molecule has 2 rings (SSSR count). The van der Waals surface area contributed by atoms with Gasteiger partial charge in [-0.1, -0.05) is 39.1 Å². The summed E-state index contributed by atoms with van der Waals surface area (Å²) in [7, 11) is 0. The third kappa shape index (κ3) is 4.09. The minimum atomic E-state index is -0.449. The molecule has 0 spiro atoms. The van der Waals surface area contributed by atoms with Crippen molar-refractivity contribution in [3.05, 3.63) is 51.0 Å². The molecule has 2 N–H and O–H groups in total. The third-order valence-electron chi connectivity index (χ3n) is 2.14. The van der Waals surface area contributed by atoms with E-state index in [-0.39, 0.29) is 0 Å². The van der Waals surface area contributed by atoms with E-state index in [2.05, 4.69) is 31.5 Å². The smallest absolute Gasteiger partial charge is 0.306 e. The number of rotatable bonds is 2. The molecule has 0 bridgehead atoms. The fraction of sp³-hybridized carbons (Fsp3) is 0. The summed E-state index contributed by atoms with van der Waals surface area (Å²) in [5.74, 6) is 0.421. The topological polar surface area (TPSA) is 54.0 Å². The minimum absolute atomic E-state index is 0.404. The Morgan fingerprint density at radius 3 is 2.68 bits per heavy atom. The molecule has 0 saturated carbocycles. The number of benzene rings is 1. The van der Waals surface area contributed by atoms with Gasteiger partial charge in [-0.05, 0) is 30.3 Å². The van der Waals surface area contributed by atoms with Crippen LogP contribution >= 0.6 is 39.1 Å². The van der Waals surface area contributed by atoms with Crippen molar-refractivity contribution >= 4 is 56.7 Å². The van der Waals surface area contributed by atoms with Gasteiger partial charge in [0.25, 0.3) is 0 Å². The number of urea groups is 1. The van der Waals surface area contributed by atoms with E-state index in [1.807, 2.05) is 0 Å². The number of nitrogens with zero attached hydrogens (tertiary/aromatic N) is 1. The highest BCUT2D eigenvalue weighted by molar-refractivity contribution is 9.10. The van der Waals surface area contributed by atoms with Gasteiger partial charge in [-0.3, -0.25) is 5.32 Å². The lowest BCUT2D eigenvalue weighted by atomic mass is 10.3. The van der Waals surface area contributed by atoms with E-state index in [9.17, 15) is 4.79 Å². The van der Waals surface area contributed by atoms with Gasteiger partial charge in [0.1, 0.15) is 5.82 Å². The second kappa shape index (κ2) is 6.23. The zero-order chi connectivity index (χ0) is 13.8. The van der Waals surface area contributed by atoms with E-state index in [1.54, 1.807) is 36.5 Å². The van der Waals surface area contributed by atoms with Gasteiger partial charge in [-0.15, -0.1) is 0 Å². The fourth-order valence-corrected chi connectivity index (χ4v) is 2.01. The lowest BCUT2D eigenvalue weighted by molar-refractivity contribution is 0.262. The summed E-state index contributed by atoms with van der Waals surface area (Å²) in [6.07, 6.45) is 1.58. The molecule has 4 nitrogen and oxygen atoms in total. The van der Waals surface area contributed by atoms with Crippen LogP contribution in [0.2, 0.25) is 10.0 Å². The van der Waals surface area contributed by atoms with Crippen molar-refractivity contribution in [2.24, 2.45) is 0 Å². The number of hydrogen-bond donors (Lipinski definition) is 2. The molecular weight excluding hydrogens is 353 g/mol. The van der Waals surface area contributed by atoms with E-state index >= 15 is 0 Å². The maximum absolute atomic E-state index is 11.8. The Morgan fingerprint density at radius 2 is 1.95 bits per heavy atom. The average Bonchev–Trinajstić information content (AvgIpc) is 2.34. The minimum Gasteiger partial charge on any atom is -0.306 e. The highest BCUT2D eigenvalue weighted by Crippen LogP contribution is 2.25. The van der Waals surface area contributed by atoms with Gasteiger partial charge in [0.15, 0.2) is 0 Å². The first kappa shape index (κ1) is 14.1. The molecule has 1 aromatic carbocycles. The van der Waals surface area contributed by atoms with Crippen LogP contribution in [0.4, 0.5) is 16.3 Å². The largest absolute Gasteiger partial charge is 0.324 e. The predicted octanol–water partition coefficient (Wildman–Crippen LogP) is 4.79. The Labute approximate surface area is 128 Å². The number of halogens is 3. The number of pyridine rings is 1. The van der Waals surface area contributed by atoms with Gasteiger partial charge in [0, 0.05) is 15.7 Å². The molecule has 1 heterocycles. The zero-order valence-electron chi connectivity index (χ0n) is 9.45. The van der Waals surface area contributed by atoms with Gasteiger partial charge in [0.2, 0.25) is 0 Å². The van der Waals surface area contributed by atoms with Gasteiger partial charge in [-0.2, -0.15) is 0 Å². The third-order valence-corrected chi connectivity index (χ3v) is 3.20.